The second kappa shape index (κ2) is 4.32. The molecule has 96 valence electrons. The van der Waals surface area contributed by atoms with Gasteiger partial charge in [0.2, 0.25) is 0 Å². The Kier molecular flexibility index (Phi) is 2.47. The van der Waals surface area contributed by atoms with E-state index in [2.05, 4.69) is 16.1 Å². The number of halogens is 1. The van der Waals surface area contributed by atoms with E-state index in [9.17, 15) is 0 Å². The Balaban J connectivity index is 2.04. The van der Waals surface area contributed by atoms with Crippen LogP contribution >= 0.6 is 11.6 Å². The topological polar surface area (TPSA) is 30.2 Å². The van der Waals surface area contributed by atoms with Gasteiger partial charge in [-0.05, 0) is 17.5 Å². The van der Waals surface area contributed by atoms with Gasteiger partial charge in [-0.15, -0.1) is 0 Å². The summed E-state index contributed by atoms with van der Waals surface area (Å²) in [5.41, 5.74) is 2.80. The van der Waals surface area contributed by atoms with Crippen LogP contribution in [0, 0.1) is 0 Å². The first-order chi connectivity index (χ1) is 9.83. The highest BCUT2D eigenvalue weighted by atomic mass is 35.5. The molecular weight excluding hydrogens is 270 g/mol. The molecule has 0 fully saturated rings. The Bertz CT molecular complexity index is 894. The Hall–Kier alpha value is -2.39. The van der Waals surface area contributed by atoms with E-state index in [-0.39, 0.29) is 0 Å². The molecule has 3 nitrogen and oxygen atoms in total. The maximum absolute atomic E-state index is 6.26. The van der Waals surface area contributed by atoms with Crippen LogP contribution in [0.4, 0.5) is 0 Å². The second-order valence-corrected chi connectivity index (χ2v) is 5.00. The van der Waals surface area contributed by atoms with Crippen LogP contribution < -0.4 is 0 Å². The Labute approximate surface area is 120 Å². The van der Waals surface area contributed by atoms with Crippen LogP contribution in [-0.4, -0.2) is 14.6 Å². The van der Waals surface area contributed by atoms with Crippen molar-refractivity contribution in [2.24, 2.45) is 0 Å². The molecule has 0 atom stereocenters. The molecule has 0 bridgehead atoms. The largest absolute Gasteiger partial charge is 0.237 e. The number of hydrogen-bond acceptors (Lipinski definition) is 2. The number of nitrogens with zero attached hydrogens (tertiary/aromatic N) is 3. The predicted octanol–water partition coefficient (Wildman–Crippen LogP) is 4.20. The molecule has 0 spiro atoms. The average Bonchev–Trinajstić information content (AvgIpc) is 2.91. The van der Waals surface area contributed by atoms with Crippen LogP contribution in [-0.2, 0) is 0 Å². The molecule has 0 aliphatic heterocycles. The zero-order valence-corrected chi connectivity index (χ0v) is 11.2. The summed E-state index contributed by atoms with van der Waals surface area (Å²) in [6, 6.07) is 15.9. The minimum absolute atomic E-state index is 0.756. The SMILES string of the molecule is Clc1ccc(-c2cc3ncccn3n2)c2ccccc12. The van der Waals surface area contributed by atoms with Gasteiger partial charge in [0.1, 0.15) is 0 Å². The van der Waals surface area contributed by atoms with Crippen molar-refractivity contribution in [2.75, 3.05) is 0 Å². The average molecular weight is 280 g/mol. The Morgan fingerprint density at radius 1 is 0.950 bits per heavy atom. The Morgan fingerprint density at radius 3 is 2.65 bits per heavy atom. The summed E-state index contributed by atoms with van der Waals surface area (Å²) in [5.74, 6) is 0. The lowest BCUT2D eigenvalue weighted by molar-refractivity contribution is 0.944. The molecule has 4 rings (SSSR count). The van der Waals surface area contributed by atoms with E-state index < -0.39 is 0 Å². The molecule has 4 heteroatoms. The molecular formula is C16H10ClN3. The number of hydrogen-bond donors (Lipinski definition) is 0. The number of fused-ring (bicyclic) bond motifs is 2. The molecule has 20 heavy (non-hydrogen) atoms. The van der Waals surface area contributed by atoms with E-state index in [1.165, 1.54) is 0 Å². The van der Waals surface area contributed by atoms with Gasteiger partial charge in [0.05, 0.1) is 5.69 Å². The maximum atomic E-state index is 6.26. The maximum Gasteiger partial charge on any atom is 0.155 e. The minimum Gasteiger partial charge on any atom is -0.237 e. The van der Waals surface area contributed by atoms with Crippen molar-refractivity contribution in [2.45, 2.75) is 0 Å². The number of aromatic nitrogens is 3. The molecule has 0 radical (unpaired) electrons. The quantitative estimate of drug-likeness (QED) is 0.523. The third-order valence-corrected chi connectivity index (χ3v) is 3.71. The lowest BCUT2D eigenvalue weighted by Gasteiger charge is -2.05. The van der Waals surface area contributed by atoms with Crippen molar-refractivity contribution in [3.05, 3.63) is 65.9 Å². The van der Waals surface area contributed by atoms with Crippen LogP contribution in [0.5, 0.6) is 0 Å². The van der Waals surface area contributed by atoms with Crippen molar-refractivity contribution in [3.8, 4) is 11.3 Å². The zero-order valence-electron chi connectivity index (χ0n) is 10.5. The molecule has 0 saturated heterocycles. The van der Waals surface area contributed by atoms with Crippen molar-refractivity contribution < 1.29 is 0 Å². The fourth-order valence-electron chi connectivity index (χ4n) is 2.45. The molecule has 0 unspecified atom stereocenters. The van der Waals surface area contributed by atoms with Gasteiger partial charge in [-0.2, -0.15) is 5.10 Å². The highest BCUT2D eigenvalue weighted by molar-refractivity contribution is 6.36. The minimum atomic E-state index is 0.756. The highest BCUT2D eigenvalue weighted by Gasteiger charge is 2.10. The van der Waals surface area contributed by atoms with E-state index in [1.807, 2.05) is 48.7 Å². The van der Waals surface area contributed by atoms with Crippen LogP contribution in [0.2, 0.25) is 5.02 Å². The first-order valence-corrected chi connectivity index (χ1v) is 6.69. The second-order valence-electron chi connectivity index (χ2n) is 4.59. The summed E-state index contributed by atoms with van der Waals surface area (Å²) < 4.78 is 1.78. The van der Waals surface area contributed by atoms with Gasteiger partial charge in [-0.25, -0.2) is 9.50 Å². The van der Waals surface area contributed by atoms with Crippen molar-refractivity contribution in [3.63, 3.8) is 0 Å². The summed E-state index contributed by atoms with van der Waals surface area (Å²) in [7, 11) is 0. The molecule has 4 aromatic rings. The molecule has 0 saturated carbocycles. The lowest BCUT2D eigenvalue weighted by Crippen LogP contribution is -1.88. The molecule has 2 aromatic carbocycles. The highest BCUT2D eigenvalue weighted by Crippen LogP contribution is 2.32. The van der Waals surface area contributed by atoms with Gasteiger partial charge in [-0.1, -0.05) is 41.9 Å². The lowest BCUT2D eigenvalue weighted by atomic mass is 10.0. The summed E-state index contributed by atoms with van der Waals surface area (Å²) >= 11 is 6.26. The summed E-state index contributed by atoms with van der Waals surface area (Å²) in [6.07, 6.45) is 3.66. The van der Waals surface area contributed by atoms with Crippen LogP contribution in [0.15, 0.2) is 60.9 Å². The van der Waals surface area contributed by atoms with Crippen molar-refractivity contribution in [1.82, 2.24) is 14.6 Å². The van der Waals surface area contributed by atoms with E-state index in [4.69, 9.17) is 11.6 Å². The third kappa shape index (κ3) is 1.67. The molecule has 2 heterocycles. The van der Waals surface area contributed by atoms with Crippen LogP contribution in [0.25, 0.3) is 27.7 Å². The van der Waals surface area contributed by atoms with Crippen molar-refractivity contribution in [1.29, 1.82) is 0 Å². The van der Waals surface area contributed by atoms with Gasteiger partial charge in [0.25, 0.3) is 0 Å². The van der Waals surface area contributed by atoms with Crippen LogP contribution in [0.3, 0.4) is 0 Å². The smallest absolute Gasteiger partial charge is 0.155 e. The fourth-order valence-corrected chi connectivity index (χ4v) is 2.68. The van der Waals surface area contributed by atoms with Gasteiger partial charge in [-0.3, -0.25) is 0 Å². The molecule has 0 N–H and O–H groups in total. The monoisotopic (exact) mass is 279 g/mol. The van der Waals surface area contributed by atoms with Gasteiger partial charge >= 0.3 is 0 Å². The number of rotatable bonds is 1. The van der Waals surface area contributed by atoms with Gasteiger partial charge < -0.3 is 0 Å². The van der Waals surface area contributed by atoms with E-state index in [0.717, 1.165) is 32.7 Å². The summed E-state index contributed by atoms with van der Waals surface area (Å²) in [5, 5.41) is 7.47. The normalized spacial score (nSPS) is 11.2. The van der Waals surface area contributed by atoms with E-state index >= 15 is 0 Å². The first-order valence-electron chi connectivity index (χ1n) is 6.31. The van der Waals surface area contributed by atoms with E-state index in [1.54, 1.807) is 10.7 Å². The van der Waals surface area contributed by atoms with Gasteiger partial charge in [0, 0.05) is 34.4 Å². The molecule has 2 aromatic heterocycles. The van der Waals surface area contributed by atoms with Crippen molar-refractivity contribution >= 4 is 28.0 Å². The Morgan fingerprint density at radius 2 is 1.80 bits per heavy atom. The standard InChI is InChI=1S/C16H10ClN3/c17-14-7-6-13(11-4-1-2-5-12(11)14)15-10-16-18-8-3-9-20(16)19-15/h1-10H. The van der Waals surface area contributed by atoms with Gasteiger partial charge in [0.15, 0.2) is 5.65 Å². The van der Waals surface area contributed by atoms with E-state index in [0.29, 0.717) is 0 Å². The number of benzene rings is 2. The molecule has 0 aliphatic carbocycles. The summed E-state index contributed by atoms with van der Waals surface area (Å²) in [4.78, 5) is 4.30. The third-order valence-electron chi connectivity index (χ3n) is 3.38. The predicted molar refractivity (Wildman–Crippen MR) is 80.9 cm³/mol. The van der Waals surface area contributed by atoms with Crippen LogP contribution in [0.1, 0.15) is 0 Å². The molecule has 0 aliphatic rings. The summed E-state index contributed by atoms with van der Waals surface area (Å²) in [6.45, 7) is 0. The first kappa shape index (κ1) is 11.4. The zero-order chi connectivity index (χ0) is 13.5. The molecule has 0 amide bonds. The fraction of sp³-hybridized carbons (Fsp3) is 0.